The van der Waals surface area contributed by atoms with Crippen LogP contribution in [0.3, 0.4) is 0 Å². The van der Waals surface area contributed by atoms with Crippen LogP contribution in [0, 0.1) is 0 Å². The van der Waals surface area contributed by atoms with E-state index in [0.717, 1.165) is 25.9 Å². The quantitative estimate of drug-likeness (QED) is 0.626. The Hall–Kier alpha value is -1.72. The van der Waals surface area contributed by atoms with Gasteiger partial charge in [-0.25, -0.2) is 0 Å². The smallest absolute Gasteiger partial charge is 0.0666 e. The molecule has 0 N–H and O–H groups in total. The highest BCUT2D eigenvalue weighted by atomic mass is 15.4. The zero-order valence-corrected chi connectivity index (χ0v) is 22.0. The summed E-state index contributed by atoms with van der Waals surface area (Å²) in [6.07, 6.45) is 3.38. The SMILES string of the molecule is CC1C(C)N(C)C(Cc2ccccc2)N1C.CCN1CC(C)N(CC)C1Cc1ccccc1. The van der Waals surface area contributed by atoms with Gasteiger partial charge in [0, 0.05) is 37.5 Å². The van der Waals surface area contributed by atoms with Crippen LogP contribution in [0.25, 0.3) is 0 Å². The average molecular weight is 451 g/mol. The molecule has 33 heavy (non-hydrogen) atoms. The minimum Gasteiger partial charge on any atom is -0.286 e. The summed E-state index contributed by atoms with van der Waals surface area (Å²) in [7, 11) is 4.47. The zero-order chi connectivity index (χ0) is 24.0. The van der Waals surface area contributed by atoms with Gasteiger partial charge in [-0.1, -0.05) is 74.5 Å². The first-order chi connectivity index (χ1) is 15.9. The standard InChI is InChI=1S/C15H24N2.C14H22N2/c1-4-16-12-13(3)17(5-2)15(16)11-14-9-7-6-8-10-14;1-11-12(2)16(4)14(15(11)3)10-13-8-6-5-7-9-13/h6-10,13,15H,4-5,11-12H2,1-3H3;5-9,11-12,14H,10H2,1-4H3. The van der Waals surface area contributed by atoms with Crippen molar-refractivity contribution < 1.29 is 0 Å². The van der Waals surface area contributed by atoms with Gasteiger partial charge in [-0.05, 0) is 59.1 Å². The molecular formula is C29H46N4. The molecule has 4 atom stereocenters. The summed E-state index contributed by atoms with van der Waals surface area (Å²) in [4.78, 5) is 10.2. The van der Waals surface area contributed by atoms with Gasteiger partial charge in [0.15, 0.2) is 0 Å². The van der Waals surface area contributed by atoms with Crippen molar-refractivity contribution in [3.05, 3.63) is 71.8 Å². The van der Waals surface area contributed by atoms with Crippen molar-refractivity contribution >= 4 is 0 Å². The second-order valence-electron chi connectivity index (χ2n) is 9.92. The van der Waals surface area contributed by atoms with Gasteiger partial charge in [-0.15, -0.1) is 0 Å². The van der Waals surface area contributed by atoms with Crippen molar-refractivity contribution in [2.45, 2.75) is 77.9 Å². The molecule has 2 aliphatic rings. The Labute approximate surface area is 203 Å². The number of benzene rings is 2. The molecular weight excluding hydrogens is 404 g/mol. The summed E-state index contributed by atoms with van der Waals surface area (Å²) in [5.41, 5.74) is 2.87. The highest BCUT2D eigenvalue weighted by Gasteiger charge is 2.37. The maximum absolute atomic E-state index is 2.62. The van der Waals surface area contributed by atoms with Crippen molar-refractivity contribution in [2.75, 3.05) is 33.7 Å². The minimum atomic E-state index is 0.535. The molecule has 2 aromatic carbocycles. The Morgan fingerprint density at radius 3 is 1.55 bits per heavy atom. The van der Waals surface area contributed by atoms with Crippen LogP contribution in [-0.4, -0.2) is 83.8 Å². The van der Waals surface area contributed by atoms with E-state index in [0.29, 0.717) is 30.5 Å². The van der Waals surface area contributed by atoms with Crippen LogP contribution >= 0.6 is 0 Å². The number of rotatable bonds is 6. The summed E-state index contributed by atoms with van der Waals surface area (Å²) in [6, 6.07) is 23.6. The second kappa shape index (κ2) is 12.1. The molecule has 0 spiro atoms. The van der Waals surface area contributed by atoms with Crippen LogP contribution in [0.15, 0.2) is 60.7 Å². The Morgan fingerprint density at radius 2 is 1.12 bits per heavy atom. The number of nitrogens with zero attached hydrogens (tertiary/aromatic N) is 4. The van der Waals surface area contributed by atoms with E-state index in [4.69, 9.17) is 0 Å². The first-order valence-electron chi connectivity index (χ1n) is 12.9. The third-order valence-electron chi connectivity index (χ3n) is 8.09. The summed E-state index contributed by atoms with van der Waals surface area (Å²) < 4.78 is 0. The van der Waals surface area contributed by atoms with E-state index in [2.05, 4.69) is 129 Å². The molecule has 2 fully saturated rings. The van der Waals surface area contributed by atoms with Gasteiger partial charge in [-0.2, -0.15) is 0 Å². The molecule has 2 heterocycles. The predicted molar refractivity (Wildman–Crippen MR) is 141 cm³/mol. The number of likely N-dealkylation sites (N-methyl/N-ethyl adjacent to an activating group) is 4. The molecule has 0 saturated carbocycles. The highest BCUT2D eigenvalue weighted by Crippen LogP contribution is 2.26. The van der Waals surface area contributed by atoms with Gasteiger partial charge in [0.2, 0.25) is 0 Å². The molecule has 0 radical (unpaired) electrons. The van der Waals surface area contributed by atoms with Gasteiger partial charge < -0.3 is 0 Å². The van der Waals surface area contributed by atoms with E-state index in [1.54, 1.807) is 0 Å². The lowest BCUT2D eigenvalue weighted by Gasteiger charge is -2.30. The van der Waals surface area contributed by atoms with Crippen molar-refractivity contribution in [3.8, 4) is 0 Å². The maximum Gasteiger partial charge on any atom is 0.0666 e. The lowest BCUT2D eigenvalue weighted by molar-refractivity contribution is 0.133. The fraction of sp³-hybridized carbons (Fsp3) is 0.586. The summed E-state index contributed by atoms with van der Waals surface area (Å²) in [5.74, 6) is 0. The Balaban J connectivity index is 0.000000186. The molecule has 0 aromatic heterocycles. The lowest BCUT2D eigenvalue weighted by Crippen LogP contribution is -2.41. The summed E-state index contributed by atoms with van der Waals surface area (Å²) >= 11 is 0. The van der Waals surface area contributed by atoms with Gasteiger partial charge in [-0.3, -0.25) is 19.6 Å². The molecule has 4 nitrogen and oxygen atoms in total. The predicted octanol–water partition coefficient (Wildman–Crippen LogP) is 4.81. The molecule has 0 amide bonds. The van der Waals surface area contributed by atoms with Gasteiger partial charge in [0.05, 0.1) is 12.3 Å². The third-order valence-corrected chi connectivity index (χ3v) is 8.09. The van der Waals surface area contributed by atoms with Crippen LogP contribution in [0.1, 0.15) is 45.7 Å². The van der Waals surface area contributed by atoms with Crippen molar-refractivity contribution in [2.24, 2.45) is 0 Å². The second-order valence-corrected chi connectivity index (χ2v) is 9.92. The molecule has 4 heteroatoms. The van der Waals surface area contributed by atoms with Crippen molar-refractivity contribution in [3.63, 3.8) is 0 Å². The van der Waals surface area contributed by atoms with Crippen molar-refractivity contribution in [1.82, 2.24) is 19.6 Å². The monoisotopic (exact) mass is 450 g/mol. The Kier molecular flexibility index (Phi) is 9.51. The average Bonchev–Trinajstić information content (AvgIpc) is 3.24. The molecule has 4 unspecified atom stereocenters. The third kappa shape index (κ3) is 6.24. The van der Waals surface area contributed by atoms with E-state index in [1.807, 2.05) is 0 Å². The topological polar surface area (TPSA) is 13.0 Å². The van der Waals surface area contributed by atoms with Gasteiger partial charge in [0.1, 0.15) is 0 Å². The zero-order valence-electron chi connectivity index (χ0n) is 22.0. The lowest BCUT2D eigenvalue weighted by atomic mass is 10.1. The Bertz CT molecular complexity index is 797. The first-order valence-corrected chi connectivity index (χ1v) is 12.9. The fourth-order valence-corrected chi connectivity index (χ4v) is 5.63. The number of hydrogen-bond acceptors (Lipinski definition) is 4. The van der Waals surface area contributed by atoms with Crippen LogP contribution < -0.4 is 0 Å². The fourth-order valence-electron chi connectivity index (χ4n) is 5.63. The van der Waals surface area contributed by atoms with E-state index in [-0.39, 0.29) is 0 Å². The molecule has 0 bridgehead atoms. The summed E-state index contributed by atoms with van der Waals surface area (Å²) in [6.45, 7) is 15.0. The van der Waals surface area contributed by atoms with Crippen LogP contribution in [0.2, 0.25) is 0 Å². The van der Waals surface area contributed by atoms with Gasteiger partial charge >= 0.3 is 0 Å². The van der Waals surface area contributed by atoms with Crippen LogP contribution in [0.4, 0.5) is 0 Å². The van der Waals surface area contributed by atoms with E-state index in [1.165, 1.54) is 17.7 Å². The van der Waals surface area contributed by atoms with E-state index >= 15 is 0 Å². The normalized spacial score (nSPS) is 29.2. The first kappa shape index (κ1) is 25.9. The molecule has 2 aromatic rings. The van der Waals surface area contributed by atoms with Crippen LogP contribution in [-0.2, 0) is 12.8 Å². The molecule has 182 valence electrons. The largest absolute Gasteiger partial charge is 0.286 e. The molecule has 0 aliphatic carbocycles. The molecule has 2 saturated heterocycles. The van der Waals surface area contributed by atoms with E-state index in [9.17, 15) is 0 Å². The summed E-state index contributed by atoms with van der Waals surface area (Å²) in [5, 5.41) is 0. The van der Waals surface area contributed by atoms with Gasteiger partial charge in [0.25, 0.3) is 0 Å². The molecule has 4 rings (SSSR count). The van der Waals surface area contributed by atoms with Crippen molar-refractivity contribution in [1.29, 1.82) is 0 Å². The van der Waals surface area contributed by atoms with E-state index < -0.39 is 0 Å². The maximum atomic E-state index is 2.62. The van der Waals surface area contributed by atoms with Crippen LogP contribution in [0.5, 0.6) is 0 Å². The molecule has 2 aliphatic heterocycles. The minimum absolute atomic E-state index is 0.535. The Morgan fingerprint density at radius 1 is 0.667 bits per heavy atom. The number of hydrogen-bond donors (Lipinski definition) is 0. The highest BCUT2D eigenvalue weighted by molar-refractivity contribution is 5.17.